The zero-order chi connectivity index (χ0) is 15.1. The molecule has 0 radical (unpaired) electrons. The maximum Gasteiger partial charge on any atom is 0.327 e. The normalized spacial score (nSPS) is 25.1. The minimum Gasteiger partial charge on any atom is -0.480 e. The third kappa shape index (κ3) is 2.64. The molecular formula is C15H16FNO3S. The average Bonchev–Trinajstić information content (AvgIpc) is 3.16. The Labute approximate surface area is 126 Å². The van der Waals surface area contributed by atoms with Crippen LogP contribution in [0.15, 0.2) is 18.2 Å². The molecular weight excluding hydrogens is 293 g/mol. The fourth-order valence-corrected chi connectivity index (χ4v) is 4.28. The zero-order valence-corrected chi connectivity index (χ0v) is 12.4. The van der Waals surface area contributed by atoms with E-state index in [0.29, 0.717) is 11.7 Å². The Hall–Kier alpha value is -1.56. The number of thioether (sulfide) groups is 1. The number of amides is 1. The maximum absolute atomic E-state index is 14.0. The van der Waals surface area contributed by atoms with E-state index in [2.05, 4.69) is 0 Å². The van der Waals surface area contributed by atoms with Gasteiger partial charge in [-0.1, -0.05) is 6.07 Å². The van der Waals surface area contributed by atoms with Gasteiger partial charge < -0.3 is 10.0 Å². The predicted molar refractivity (Wildman–Crippen MR) is 77.7 cm³/mol. The van der Waals surface area contributed by atoms with Crippen molar-refractivity contribution in [2.75, 3.05) is 5.75 Å². The number of hydrogen-bond acceptors (Lipinski definition) is 3. The van der Waals surface area contributed by atoms with Gasteiger partial charge in [-0.25, -0.2) is 9.18 Å². The number of carbonyl (C=O) groups excluding carboxylic acids is 1. The molecule has 4 nitrogen and oxygen atoms in total. The molecule has 21 heavy (non-hydrogen) atoms. The number of aliphatic carboxylic acids is 1. The van der Waals surface area contributed by atoms with Crippen LogP contribution in [0.5, 0.6) is 0 Å². The summed E-state index contributed by atoms with van der Waals surface area (Å²) in [6.07, 6.45) is 2.01. The van der Waals surface area contributed by atoms with Crippen molar-refractivity contribution < 1.29 is 19.1 Å². The molecule has 2 atom stereocenters. The quantitative estimate of drug-likeness (QED) is 0.932. The molecule has 1 aromatic carbocycles. The molecule has 1 saturated carbocycles. The number of halogens is 1. The van der Waals surface area contributed by atoms with Gasteiger partial charge >= 0.3 is 5.97 Å². The van der Waals surface area contributed by atoms with E-state index in [9.17, 15) is 19.1 Å². The van der Waals surface area contributed by atoms with Crippen molar-refractivity contribution in [1.82, 2.24) is 4.90 Å². The van der Waals surface area contributed by atoms with Gasteiger partial charge in [-0.15, -0.1) is 11.8 Å². The number of nitrogens with zero attached hydrogens (tertiary/aromatic N) is 1. The molecule has 2 aliphatic rings. The van der Waals surface area contributed by atoms with E-state index in [-0.39, 0.29) is 10.9 Å². The molecule has 1 aliphatic heterocycles. The molecule has 1 aromatic rings. The van der Waals surface area contributed by atoms with Crippen molar-refractivity contribution in [2.45, 2.75) is 31.2 Å². The van der Waals surface area contributed by atoms with Crippen LogP contribution in [0.2, 0.25) is 0 Å². The number of carbonyl (C=O) groups is 2. The van der Waals surface area contributed by atoms with Crippen LogP contribution in [0.25, 0.3) is 0 Å². The summed E-state index contributed by atoms with van der Waals surface area (Å²) in [5, 5.41) is 9.17. The van der Waals surface area contributed by atoms with E-state index < -0.39 is 23.7 Å². The van der Waals surface area contributed by atoms with Crippen molar-refractivity contribution in [1.29, 1.82) is 0 Å². The predicted octanol–water partition coefficient (Wildman–Crippen LogP) is 2.51. The van der Waals surface area contributed by atoms with Crippen LogP contribution in [0.3, 0.4) is 0 Å². The van der Waals surface area contributed by atoms with Gasteiger partial charge in [-0.3, -0.25) is 4.79 Å². The SMILES string of the molecule is Cc1ccc(C(=O)N2C(C(=O)O)CSC2C2CC2)c(F)c1. The van der Waals surface area contributed by atoms with Gasteiger partial charge in [0, 0.05) is 5.75 Å². The highest BCUT2D eigenvalue weighted by molar-refractivity contribution is 8.00. The number of carboxylic acid groups (broad SMARTS) is 1. The van der Waals surface area contributed by atoms with Gasteiger partial charge in [-0.05, 0) is 43.4 Å². The number of carboxylic acids is 1. The highest BCUT2D eigenvalue weighted by atomic mass is 32.2. The van der Waals surface area contributed by atoms with Gasteiger partial charge in [0.2, 0.25) is 0 Å². The molecule has 0 aromatic heterocycles. The molecule has 3 rings (SSSR count). The largest absolute Gasteiger partial charge is 0.480 e. The molecule has 0 spiro atoms. The summed E-state index contributed by atoms with van der Waals surface area (Å²) < 4.78 is 14.0. The Morgan fingerprint density at radius 2 is 2.10 bits per heavy atom. The third-order valence-corrected chi connectivity index (χ3v) is 5.40. The van der Waals surface area contributed by atoms with E-state index in [0.717, 1.165) is 18.4 Å². The summed E-state index contributed by atoms with van der Waals surface area (Å²) in [6.45, 7) is 1.75. The van der Waals surface area contributed by atoms with E-state index in [1.54, 1.807) is 13.0 Å². The van der Waals surface area contributed by atoms with Crippen LogP contribution in [0.1, 0.15) is 28.8 Å². The van der Waals surface area contributed by atoms with Crippen LogP contribution < -0.4 is 0 Å². The Bertz CT molecular complexity index is 603. The monoisotopic (exact) mass is 309 g/mol. The van der Waals surface area contributed by atoms with Crippen molar-refractivity contribution in [3.05, 3.63) is 35.1 Å². The maximum atomic E-state index is 14.0. The molecule has 1 saturated heterocycles. The first-order valence-electron chi connectivity index (χ1n) is 6.92. The van der Waals surface area contributed by atoms with E-state index in [1.807, 2.05) is 0 Å². The van der Waals surface area contributed by atoms with Gasteiger partial charge in [0.1, 0.15) is 11.9 Å². The summed E-state index contributed by atoms with van der Waals surface area (Å²) >= 11 is 1.49. The second-order valence-electron chi connectivity index (χ2n) is 5.61. The summed E-state index contributed by atoms with van der Waals surface area (Å²) in [5.41, 5.74) is 0.688. The Kier molecular flexibility index (Phi) is 3.65. The van der Waals surface area contributed by atoms with Gasteiger partial charge in [0.05, 0.1) is 10.9 Å². The topological polar surface area (TPSA) is 57.6 Å². The van der Waals surface area contributed by atoms with Gasteiger partial charge in [0.15, 0.2) is 0 Å². The fraction of sp³-hybridized carbons (Fsp3) is 0.467. The lowest BCUT2D eigenvalue weighted by atomic mass is 10.1. The van der Waals surface area contributed by atoms with E-state index in [4.69, 9.17) is 0 Å². The summed E-state index contributed by atoms with van der Waals surface area (Å²) in [6, 6.07) is 3.55. The molecule has 1 N–H and O–H groups in total. The minimum atomic E-state index is -1.02. The minimum absolute atomic E-state index is 0.0417. The fourth-order valence-electron chi connectivity index (χ4n) is 2.65. The van der Waals surface area contributed by atoms with E-state index in [1.165, 1.54) is 28.8 Å². The molecule has 1 amide bonds. The van der Waals surface area contributed by atoms with E-state index >= 15 is 0 Å². The summed E-state index contributed by atoms with van der Waals surface area (Å²) in [4.78, 5) is 25.4. The van der Waals surface area contributed by atoms with Gasteiger partial charge in [0.25, 0.3) is 5.91 Å². The third-order valence-electron chi connectivity index (χ3n) is 3.93. The van der Waals surface area contributed by atoms with Crippen molar-refractivity contribution in [3.63, 3.8) is 0 Å². The standard InChI is InChI=1S/C15H16FNO3S/c1-8-2-5-10(11(16)6-8)13(18)17-12(15(19)20)7-21-14(17)9-3-4-9/h2,5-6,9,12,14H,3-4,7H2,1H3,(H,19,20). The average molecular weight is 309 g/mol. The number of benzene rings is 1. The Balaban J connectivity index is 1.93. The molecule has 112 valence electrons. The molecule has 0 bridgehead atoms. The first kappa shape index (κ1) is 14.4. The van der Waals surface area contributed by atoms with Crippen molar-refractivity contribution in [2.24, 2.45) is 5.92 Å². The van der Waals surface area contributed by atoms with Gasteiger partial charge in [-0.2, -0.15) is 0 Å². The second-order valence-corrected chi connectivity index (χ2v) is 6.76. The lowest BCUT2D eigenvalue weighted by Crippen LogP contribution is -2.46. The highest BCUT2D eigenvalue weighted by Gasteiger charge is 2.48. The number of aryl methyl sites for hydroxylation is 1. The number of rotatable bonds is 3. The Morgan fingerprint density at radius 1 is 1.38 bits per heavy atom. The first-order chi connectivity index (χ1) is 9.99. The second kappa shape index (κ2) is 5.33. The lowest BCUT2D eigenvalue weighted by Gasteiger charge is -2.27. The lowest BCUT2D eigenvalue weighted by molar-refractivity contribution is -0.141. The van der Waals surface area contributed by atoms with Crippen molar-refractivity contribution in [3.8, 4) is 0 Å². The summed E-state index contributed by atoms with van der Waals surface area (Å²) in [7, 11) is 0. The van der Waals surface area contributed by atoms with Crippen LogP contribution >= 0.6 is 11.8 Å². The van der Waals surface area contributed by atoms with Crippen LogP contribution in [-0.4, -0.2) is 39.1 Å². The summed E-state index contributed by atoms with van der Waals surface area (Å²) in [5.74, 6) is -1.41. The smallest absolute Gasteiger partial charge is 0.327 e. The highest BCUT2D eigenvalue weighted by Crippen LogP contribution is 2.46. The molecule has 1 aliphatic carbocycles. The molecule has 2 unspecified atom stereocenters. The van der Waals surface area contributed by atoms with Crippen LogP contribution in [0, 0.1) is 18.7 Å². The zero-order valence-electron chi connectivity index (χ0n) is 11.6. The van der Waals surface area contributed by atoms with Crippen molar-refractivity contribution >= 4 is 23.6 Å². The molecule has 6 heteroatoms. The first-order valence-corrected chi connectivity index (χ1v) is 7.97. The molecule has 2 fully saturated rings. The Morgan fingerprint density at radius 3 is 2.67 bits per heavy atom. The van der Waals surface area contributed by atoms with Crippen LogP contribution in [-0.2, 0) is 4.79 Å². The van der Waals surface area contributed by atoms with Crippen LogP contribution in [0.4, 0.5) is 4.39 Å². The molecule has 1 heterocycles. The number of hydrogen-bond donors (Lipinski definition) is 1.